The van der Waals surface area contributed by atoms with Crippen LogP contribution >= 0.6 is 15.6 Å². The Labute approximate surface area is 588 Å². The van der Waals surface area contributed by atoms with Gasteiger partial charge in [0.05, 0.1) is 26.4 Å². The van der Waals surface area contributed by atoms with Gasteiger partial charge in [0.15, 0.2) is 12.2 Å². The maximum atomic E-state index is 13.1. The first-order chi connectivity index (χ1) is 46.1. The van der Waals surface area contributed by atoms with Gasteiger partial charge < -0.3 is 33.8 Å². The second-order valence-corrected chi connectivity index (χ2v) is 32.6. The van der Waals surface area contributed by atoms with Crippen molar-refractivity contribution in [3.05, 3.63) is 0 Å². The molecule has 0 amide bonds. The molecule has 0 heterocycles. The summed E-state index contributed by atoms with van der Waals surface area (Å²) in [5.41, 5.74) is 0. The van der Waals surface area contributed by atoms with Crippen LogP contribution in [0.15, 0.2) is 0 Å². The molecule has 17 nitrogen and oxygen atoms in total. The molecule has 0 aliphatic rings. The second kappa shape index (κ2) is 66.3. The van der Waals surface area contributed by atoms with E-state index in [4.69, 9.17) is 37.0 Å². The number of phosphoric ester groups is 2. The van der Waals surface area contributed by atoms with Gasteiger partial charge in [-0.25, -0.2) is 9.13 Å². The average molecular weight is 1410 g/mol. The van der Waals surface area contributed by atoms with Crippen molar-refractivity contribution in [1.82, 2.24) is 0 Å². The first kappa shape index (κ1) is 94.1. The Bertz CT molecular complexity index is 1880. The van der Waals surface area contributed by atoms with E-state index in [-0.39, 0.29) is 25.7 Å². The molecule has 0 aromatic carbocycles. The molecule has 0 spiro atoms. The minimum absolute atomic E-state index is 0.101. The second-order valence-electron chi connectivity index (χ2n) is 29.7. The zero-order valence-corrected chi connectivity index (χ0v) is 64.8. The Morgan fingerprint density at radius 2 is 0.438 bits per heavy atom. The molecule has 0 rings (SSSR count). The molecule has 0 aliphatic carbocycles. The molecule has 0 saturated heterocycles. The van der Waals surface area contributed by atoms with E-state index in [1.165, 1.54) is 193 Å². The van der Waals surface area contributed by atoms with Crippen molar-refractivity contribution in [3.8, 4) is 0 Å². The summed E-state index contributed by atoms with van der Waals surface area (Å²) in [7, 11) is -9.91. The van der Waals surface area contributed by atoms with Crippen LogP contribution in [0.5, 0.6) is 0 Å². The Morgan fingerprint density at radius 3 is 0.646 bits per heavy atom. The summed E-state index contributed by atoms with van der Waals surface area (Å²) in [6, 6.07) is 0. The van der Waals surface area contributed by atoms with Gasteiger partial charge in [-0.15, -0.1) is 0 Å². The molecule has 0 saturated carbocycles. The number of ether oxygens (including phenoxy) is 4. The molecule has 19 heteroatoms. The van der Waals surface area contributed by atoms with Crippen LogP contribution in [0.3, 0.4) is 0 Å². The number of hydrogen-bond acceptors (Lipinski definition) is 15. The third kappa shape index (κ3) is 70.5. The Balaban J connectivity index is 5.21. The van der Waals surface area contributed by atoms with E-state index in [2.05, 4.69) is 55.4 Å². The van der Waals surface area contributed by atoms with E-state index >= 15 is 0 Å². The lowest BCUT2D eigenvalue weighted by atomic mass is 10.0. The van der Waals surface area contributed by atoms with E-state index in [1.807, 2.05) is 0 Å². The number of hydrogen-bond donors (Lipinski definition) is 3. The van der Waals surface area contributed by atoms with Gasteiger partial charge in [0.25, 0.3) is 0 Å². The number of carbonyl (C=O) groups is 4. The maximum absolute atomic E-state index is 13.1. The third-order valence-corrected chi connectivity index (χ3v) is 19.7. The number of unbranched alkanes of at least 4 members (excludes halogenated alkanes) is 40. The minimum Gasteiger partial charge on any atom is -0.462 e. The van der Waals surface area contributed by atoms with Crippen LogP contribution in [0, 0.1) is 23.7 Å². The normalized spacial score (nSPS) is 14.1. The lowest BCUT2D eigenvalue weighted by Gasteiger charge is -2.21. The predicted octanol–water partition coefficient (Wildman–Crippen LogP) is 22.4. The number of phosphoric acid groups is 2. The van der Waals surface area contributed by atoms with Crippen molar-refractivity contribution in [2.24, 2.45) is 23.7 Å². The SMILES string of the molecule is CC(C)CCCCCCCCCCCCCCCCCC(=O)OC[C@H](COP(=O)(O)OCC(O)COP(=O)(O)OC[C@@H](COC(=O)CCCCCCCCCCC(C)C)OC(=O)CCCCCCCCC(C)C)OC(=O)CCCCCCCCCCCCCCCCCC(C)C. The van der Waals surface area contributed by atoms with Gasteiger partial charge in [-0.2, -0.15) is 0 Å². The lowest BCUT2D eigenvalue weighted by Crippen LogP contribution is -2.30. The van der Waals surface area contributed by atoms with Crippen molar-refractivity contribution in [3.63, 3.8) is 0 Å². The summed E-state index contributed by atoms with van der Waals surface area (Å²) < 4.78 is 68.5. The number of aliphatic hydroxyl groups excluding tert-OH is 1. The fraction of sp³-hybridized carbons (Fsp3) is 0.948. The van der Waals surface area contributed by atoms with Crippen LogP contribution in [0.25, 0.3) is 0 Å². The van der Waals surface area contributed by atoms with E-state index in [9.17, 15) is 43.2 Å². The Hall–Kier alpha value is -1.94. The molecule has 3 N–H and O–H groups in total. The predicted molar refractivity (Wildman–Crippen MR) is 391 cm³/mol. The first-order valence-corrected chi connectivity index (χ1v) is 42.7. The molecule has 0 radical (unpaired) electrons. The van der Waals surface area contributed by atoms with Crippen molar-refractivity contribution >= 4 is 39.5 Å². The highest BCUT2D eigenvalue weighted by molar-refractivity contribution is 7.47. The molecule has 0 aromatic rings. The molecule has 570 valence electrons. The van der Waals surface area contributed by atoms with Gasteiger partial charge in [-0.1, -0.05) is 338 Å². The summed E-state index contributed by atoms with van der Waals surface area (Å²) >= 11 is 0. The van der Waals surface area contributed by atoms with E-state index in [1.54, 1.807) is 0 Å². The Morgan fingerprint density at radius 1 is 0.260 bits per heavy atom. The van der Waals surface area contributed by atoms with E-state index in [0.717, 1.165) is 108 Å². The highest BCUT2D eigenvalue weighted by Crippen LogP contribution is 2.45. The van der Waals surface area contributed by atoms with Crippen molar-refractivity contribution in [1.29, 1.82) is 0 Å². The molecule has 96 heavy (non-hydrogen) atoms. The standard InChI is InChI=1S/C77H150O17P2/c1-67(2)53-45-37-29-23-19-15-11-9-13-17-21-25-32-41-49-57-74(79)87-63-72(93-76(81)59-51-43-34-26-22-18-14-10-12-16-20-24-30-38-46-54-68(3)4)65-91-95(83,84)89-61-71(78)62-90-96(85,86)92-66-73(94-77(82)60-52-44-36-35-40-48-56-70(7)8)64-88-75(80)58-50-42-33-28-27-31-39-47-55-69(5)6/h67-73,78H,9-66H2,1-8H3,(H,83,84)(H,85,86)/t71?,72-,73-/m1/s1. The van der Waals surface area contributed by atoms with Crippen molar-refractivity contribution in [2.45, 2.75) is 408 Å². The number of aliphatic hydroxyl groups is 1. The summed E-state index contributed by atoms with van der Waals surface area (Å²) in [5, 5.41) is 10.6. The maximum Gasteiger partial charge on any atom is 0.472 e. The number of rotatable bonds is 74. The van der Waals surface area contributed by atoms with Crippen LogP contribution in [0.4, 0.5) is 0 Å². The zero-order valence-electron chi connectivity index (χ0n) is 63.0. The first-order valence-electron chi connectivity index (χ1n) is 39.7. The van der Waals surface area contributed by atoms with Gasteiger partial charge in [0.1, 0.15) is 19.3 Å². The number of carbonyl (C=O) groups excluding carboxylic acids is 4. The Kier molecular flexibility index (Phi) is 65.0. The van der Waals surface area contributed by atoms with Crippen LogP contribution in [-0.4, -0.2) is 96.7 Å². The smallest absolute Gasteiger partial charge is 0.462 e. The van der Waals surface area contributed by atoms with Gasteiger partial charge in [0, 0.05) is 25.7 Å². The average Bonchev–Trinajstić information content (AvgIpc) is 1.12. The summed E-state index contributed by atoms with van der Waals surface area (Å²) in [6.45, 7) is 14.1. The minimum atomic E-state index is -4.96. The van der Waals surface area contributed by atoms with Crippen LogP contribution in [0.1, 0.15) is 389 Å². The molecular formula is C77H150O17P2. The van der Waals surface area contributed by atoms with Crippen molar-refractivity contribution < 1.29 is 80.2 Å². The molecule has 0 bridgehead atoms. The van der Waals surface area contributed by atoms with E-state index in [0.29, 0.717) is 31.6 Å². The van der Waals surface area contributed by atoms with Crippen LogP contribution in [-0.2, 0) is 65.4 Å². The van der Waals surface area contributed by atoms with Gasteiger partial charge in [0.2, 0.25) is 0 Å². The van der Waals surface area contributed by atoms with Crippen LogP contribution in [0.2, 0.25) is 0 Å². The highest BCUT2D eigenvalue weighted by atomic mass is 31.2. The molecule has 0 fully saturated rings. The molecular weight excluding hydrogens is 1260 g/mol. The fourth-order valence-corrected chi connectivity index (χ4v) is 13.3. The van der Waals surface area contributed by atoms with Gasteiger partial charge in [-0.05, 0) is 49.4 Å². The lowest BCUT2D eigenvalue weighted by molar-refractivity contribution is -0.161. The molecule has 3 unspecified atom stereocenters. The largest absolute Gasteiger partial charge is 0.472 e. The quantitative estimate of drug-likeness (QED) is 0.0222. The zero-order chi connectivity index (χ0) is 71.0. The molecule has 0 aliphatic heterocycles. The summed E-state index contributed by atoms with van der Waals surface area (Å²) in [6.07, 6.45) is 51.6. The van der Waals surface area contributed by atoms with Crippen LogP contribution < -0.4 is 0 Å². The number of esters is 4. The molecule has 5 atom stereocenters. The van der Waals surface area contributed by atoms with Crippen molar-refractivity contribution in [2.75, 3.05) is 39.6 Å². The van der Waals surface area contributed by atoms with Gasteiger partial charge >= 0.3 is 39.5 Å². The third-order valence-electron chi connectivity index (χ3n) is 17.8. The van der Waals surface area contributed by atoms with Gasteiger partial charge in [-0.3, -0.25) is 37.3 Å². The fourth-order valence-electron chi connectivity index (χ4n) is 11.7. The topological polar surface area (TPSA) is 237 Å². The molecule has 0 aromatic heterocycles. The summed E-state index contributed by atoms with van der Waals surface area (Å²) in [4.78, 5) is 72.8. The summed E-state index contributed by atoms with van der Waals surface area (Å²) in [5.74, 6) is 0.880. The van der Waals surface area contributed by atoms with E-state index < -0.39 is 97.5 Å². The highest BCUT2D eigenvalue weighted by Gasteiger charge is 2.30. The monoisotopic (exact) mass is 1410 g/mol.